The lowest BCUT2D eigenvalue weighted by molar-refractivity contribution is -0.384. The number of likely N-dealkylation sites (N-methyl/N-ethyl adjacent to an activating group) is 1. The van der Waals surface area contributed by atoms with Crippen molar-refractivity contribution in [2.75, 3.05) is 20.2 Å². The SMILES string of the molecule is C[C@@H](c1cccc([N+](=O)[O-])c1)N(C)CCOc1ccc(S(N)(=O)=O)cc1. The van der Waals surface area contributed by atoms with E-state index >= 15 is 0 Å². The van der Waals surface area contributed by atoms with Gasteiger partial charge in [0.25, 0.3) is 5.69 Å². The fourth-order valence-electron chi connectivity index (χ4n) is 2.38. The molecule has 2 rings (SSSR count). The average Bonchev–Trinajstić information content (AvgIpc) is 2.60. The molecule has 2 aromatic carbocycles. The third-order valence-electron chi connectivity index (χ3n) is 4.09. The van der Waals surface area contributed by atoms with E-state index in [1.165, 1.54) is 18.2 Å². The lowest BCUT2D eigenvalue weighted by Gasteiger charge is -2.25. The number of nitrogens with two attached hydrogens (primary N) is 1. The van der Waals surface area contributed by atoms with Crippen LogP contribution in [-0.4, -0.2) is 38.4 Å². The number of nitro groups is 1. The Morgan fingerprint density at radius 2 is 1.88 bits per heavy atom. The number of hydrogen-bond acceptors (Lipinski definition) is 6. The fourth-order valence-corrected chi connectivity index (χ4v) is 2.89. The van der Waals surface area contributed by atoms with Gasteiger partial charge in [-0.3, -0.25) is 15.0 Å². The van der Waals surface area contributed by atoms with Crippen molar-refractivity contribution in [2.24, 2.45) is 5.14 Å². The lowest BCUT2D eigenvalue weighted by Crippen LogP contribution is -2.27. The molecule has 0 aromatic heterocycles. The van der Waals surface area contributed by atoms with Crippen molar-refractivity contribution in [3.05, 3.63) is 64.2 Å². The summed E-state index contributed by atoms with van der Waals surface area (Å²) in [5.41, 5.74) is 0.910. The zero-order chi connectivity index (χ0) is 19.3. The molecule has 0 amide bonds. The van der Waals surface area contributed by atoms with Gasteiger partial charge >= 0.3 is 0 Å². The predicted octanol–water partition coefficient (Wildman–Crippen LogP) is 2.31. The highest BCUT2D eigenvalue weighted by molar-refractivity contribution is 7.89. The van der Waals surface area contributed by atoms with Gasteiger partial charge in [0, 0.05) is 24.7 Å². The highest BCUT2D eigenvalue weighted by Gasteiger charge is 2.15. The molecule has 0 aliphatic heterocycles. The molecule has 9 heteroatoms. The summed E-state index contributed by atoms with van der Waals surface area (Å²) in [4.78, 5) is 12.5. The summed E-state index contributed by atoms with van der Waals surface area (Å²) in [6.45, 7) is 2.92. The van der Waals surface area contributed by atoms with Crippen LogP contribution in [0.5, 0.6) is 5.75 Å². The molecule has 0 spiro atoms. The molecule has 1 atom stereocenters. The van der Waals surface area contributed by atoms with Crippen LogP contribution in [0.4, 0.5) is 5.69 Å². The fraction of sp³-hybridized carbons (Fsp3) is 0.294. The summed E-state index contributed by atoms with van der Waals surface area (Å²) < 4.78 is 28.0. The van der Waals surface area contributed by atoms with Crippen molar-refractivity contribution in [3.63, 3.8) is 0 Å². The largest absolute Gasteiger partial charge is 0.492 e. The van der Waals surface area contributed by atoms with Crippen LogP contribution in [-0.2, 0) is 10.0 Å². The second-order valence-corrected chi connectivity index (χ2v) is 7.43. The standard InChI is InChI=1S/C17H21N3O5S/c1-13(14-4-3-5-15(12-14)20(21)22)19(2)10-11-25-16-6-8-17(9-7-16)26(18,23)24/h3-9,12-13H,10-11H2,1-2H3,(H2,18,23,24)/t13-/m0/s1. The van der Waals surface area contributed by atoms with Gasteiger partial charge in [-0.1, -0.05) is 12.1 Å². The second kappa shape index (κ2) is 8.26. The van der Waals surface area contributed by atoms with Gasteiger partial charge in [0.05, 0.1) is 9.82 Å². The van der Waals surface area contributed by atoms with E-state index in [1.54, 1.807) is 24.3 Å². The average molecular weight is 379 g/mol. The lowest BCUT2D eigenvalue weighted by atomic mass is 10.1. The third kappa shape index (κ3) is 5.25. The molecule has 0 bridgehead atoms. The van der Waals surface area contributed by atoms with Gasteiger partial charge in [-0.05, 0) is 43.8 Å². The van der Waals surface area contributed by atoms with E-state index in [1.807, 2.05) is 24.9 Å². The van der Waals surface area contributed by atoms with Crippen molar-refractivity contribution >= 4 is 15.7 Å². The Kier molecular flexibility index (Phi) is 6.30. The van der Waals surface area contributed by atoms with Gasteiger partial charge in [-0.15, -0.1) is 0 Å². The van der Waals surface area contributed by atoms with E-state index in [-0.39, 0.29) is 16.6 Å². The van der Waals surface area contributed by atoms with Crippen LogP contribution >= 0.6 is 0 Å². The number of non-ortho nitro benzene ring substituents is 1. The summed E-state index contributed by atoms with van der Waals surface area (Å²) in [5.74, 6) is 0.536. The Labute approximate surface area is 152 Å². The van der Waals surface area contributed by atoms with Crippen LogP contribution in [0, 0.1) is 10.1 Å². The Bertz CT molecular complexity index is 868. The zero-order valence-corrected chi connectivity index (χ0v) is 15.3. The topological polar surface area (TPSA) is 116 Å². The van der Waals surface area contributed by atoms with Gasteiger partial charge < -0.3 is 4.74 Å². The molecule has 0 unspecified atom stereocenters. The van der Waals surface area contributed by atoms with Gasteiger partial charge in [0.1, 0.15) is 12.4 Å². The molecule has 0 aliphatic rings. The zero-order valence-electron chi connectivity index (χ0n) is 14.5. The van der Waals surface area contributed by atoms with Crippen molar-refractivity contribution in [1.82, 2.24) is 4.90 Å². The Balaban J connectivity index is 1.91. The maximum absolute atomic E-state index is 11.2. The molecule has 2 N–H and O–H groups in total. The van der Waals surface area contributed by atoms with Crippen LogP contribution in [0.2, 0.25) is 0 Å². The molecule has 0 radical (unpaired) electrons. The number of rotatable bonds is 8. The van der Waals surface area contributed by atoms with E-state index in [2.05, 4.69) is 0 Å². The van der Waals surface area contributed by atoms with Gasteiger partial charge in [-0.25, -0.2) is 13.6 Å². The van der Waals surface area contributed by atoms with Crippen molar-refractivity contribution in [1.29, 1.82) is 0 Å². The number of nitrogens with zero attached hydrogens (tertiary/aromatic N) is 2. The number of sulfonamides is 1. The molecule has 140 valence electrons. The summed E-state index contributed by atoms with van der Waals surface area (Å²) >= 11 is 0. The maximum atomic E-state index is 11.2. The Morgan fingerprint density at radius 3 is 2.46 bits per heavy atom. The van der Waals surface area contributed by atoms with Crippen molar-refractivity contribution < 1.29 is 18.1 Å². The molecule has 8 nitrogen and oxygen atoms in total. The summed E-state index contributed by atoms with van der Waals surface area (Å²) in [7, 11) is -1.82. The first-order chi connectivity index (χ1) is 12.2. The number of nitro benzene ring substituents is 1. The molecule has 0 aliphatic carbocycles. The van der Waals surface area contributed by atoms with E-state index in [0.717, 1.165) is 5.56 Å². The minimum atomic E-state index is -3.72. The van der Waals surface area contributed by atoms with Crippen LogP contribution in [0.15, 0.2) is 53.4 Å². The minimum absolute atomic E-state index is 0.0248. The molecule has 0 saturated carbocycles. The van der Waals surface area contributed by atoms with Gasteiger partial charge in [-0.2, -0.15) is 0 Å². The molecule has 2 aromatic rings. The highest BCUT2D eigenvalue weighted by atomic mass is 32.2. The van der Waals surface area contributed by atoms with Gasteiger partial charge in [0.2, 0.25) is 10.0 Å². The quantitative estimate of drug-likeness (QED) is 0.556. The first-order valence-electron chi connectivity index (χ1n) is 7.89. The first-order valence-corrected chi connectivity index (χ1v) is 9.43. The van der Waals surface area contributed by atoms with Gasteiger partial charge in [0.15, 0.2) is 0 Å². The van der Waals surface area contributed by atoms with Crippen LogP contribution in [0.3, 0.4) is 0 Å². The molecule has 0 fully saturated rings. The smallest absolute Gasteiger partial charge is 0.269 e. The summed E-state index contributed by atoms with van der Waals surface area (Å²) in [5, 5.41) is 15.9. The first kappa shape index (κ1) is 19.8. The summed E-state index contributed by atoms with van der Waals surface area (Å²) in [6, 6.07) is 12.4. The monoisotopic (exact) mass is 379 g/mol. The molecular formula is C17H21N3O5S. The Morgan fingerprint density at radius 1 is 1.23 bits per heavy atom. The third-order valence-corrected chi connectivity index (χ3v) is 5.02. The number of benzene rings is 2. The number of hydrogen-bond donors (Lipinski definition) is 1. The maximum Gasteiger partial charge on any atom is 0.269 e. The molecule has 0 heterocycles. The Hall–Kier alpha value is -2.49. The molecule has 0 saturated heterocycles. The van der Waals surface area contributed by atoms with Crippen molar-refractivity contribution in [3.8, 4) is 5.75 Å². The van der Waals surface area contributed by atoms with E-state index in [4.69, 9.17) is 9.88 Å². The van der Waals surface area contributed by atoms with E-state index < -0.39 is 14.9 Å². The van der Waals surface area contributed by atoms with Crippen LogP contribution in [0.1, 0.15) is 18.5 Å². The molecular weight excluding hydrogens is 358 g/mol. The number of ether oxygens (including phenoxy) is 1. The van der Waals surface area contributed by atoms with E-state index in [0.29, 0.717) is 18.9 Å². The van der Waals surface area contributed by atoms with Crippen LogP contribution < -0.4 is 9.88 Å². The highest BCUT2D eigenvalue weighted by Crippen LogP contribution is 2.23. The normalized spacial score (nSPS) is 12.8. The second-order valence-electron chi connectivity index (χ2n) is 5.87. The van der Waals surface area contributed by atoms with Crippen molar-refractivity contribution in [2.45, 2.75) is 17.9 Å². The molecule has 26 heavy (non-hydrogen) atoms. The van der Waals surface area contributed by atoms with Crippen LogP contribution in [0.25, 0.3) is 0 Å². The summed E-state index contributed by atoms with van der Waals surface area (Å²) in [6.07, 6.45) is 0. The minimum Gasteiger partial charge on any atom is -0.492 e. The predicted molar refractivity (Wildman–Crippen MR) is 97.5 cm³/mol. The van der Waals surface area contributed by atoms with E-state index in [9.17, 15) is 18.5 Å². The number of primary sulfonamides is 1.